The van der Waals surface area contributed by atoms with Crippen molar-refractivity contribution in [1.82, 2.24) is 0 Å². The van der Waals surface area contributed by atoms with E-state index in [9.17, 15) is 0 Å². The molecule has 1 heterocycles. The van der Waals surface area contributed by atoms with Gasteiger partial charge in [0.1, 0.15) is 0 Å². The van der Waals surface area contributed by atoms with Gasteiger partial charge in [0.15, 0.2) is 0 Å². The van der Waals surface area contributed by atoms with E-state index < -0.39 is 0 Å². The van der Waals surface area contributed by atoms with Crippen LogP contribution in [0, 0.1) is 0 Å². The summed E-state index contributed by atoms with van der Waals surface area (Å²) >= 11 is 0. The Morgan fingerprint density at radius 2 is 2.00 bits per heavy atom. The summed E-state index contributed by atoms with van der Waals surface area (Å²) in [6, 6.07) is 13.3. The van der Waals surface area contributed by atoms with Crippen molar-refractivity contribution in [2.45, 2.75) is 19.5 Å². The molecule has 1 saturated heterocycles. The summed E-state index contributed by atoms with van der Waals surface area (Å²) in [6.45, 7) is 5.35. The van der Waals surface area contributed by atoms with Gasteiger partial charge in [0.25, 0.3) is 0 Å². The maximum Gasteiger partial charge on any atom is 0.0668 e. The highest BCUT2D eigenvalue weighted by Crippen LogP contribution is 2.31. The zero-order valence-electron chi connectivity index (χ0n) is 11.3. The summed E-state index contributed by atoms with van der Waals surface area (Å²) < 4.78 is 5.53. The fourth-order valence-corrected chi connectivity index (χ4v) is 2.86. The molecule has 1 unspecified atom stereocenters. The van der Waals surface area contributed by atoms with Crippen molar-refractivity contribution < 1.29 is 4.74 Å². The van der Waals surface area contributed by atoms with Crippen LogP contribution in [0.15, 0.2) is 36.4 Å². The second-order valence-electron chi connectivity index (χ2n) is 5.11. The number of hydrogen-bond acceptors (Lipinski definition) is 3. The van der Waals surface area contributed by atoms with Gasteiger partial charge in [0, 0.05) is 30.2 Å². The second kappa shape index (κ2) is 5.19. The summed E-state index contributed by atoms with van der Waals surface area (Å²) in [5, 5.41) is 2.56. The number of anilines is 1. The van der Waals surface area contributed by atoms with Gasteiger partial charge in [-0.2, -0.15) is 0 Å². The first kappa shape index (κ1) is 12.5. The summed E-state index contributed by atoms with van der Waals surface area (Å²) in [5.74, 6) is 0. The Bertz CT molecular complexity index is 582. The van der Waals surface area contributed by atoms with E-state index in [4.69, 9.17) is 10.5 Å². The van der Waals surface area contributed by atoms with Gasteiger partial charge in [-0.25, -0.2) is 0 Å². The Labute approximate surface area is 114 Å². The molecule has 0 saturated carbocycles. The number of morpholine rings is 1. The topological polar surface area (TPSA) is 38.5 Å². The molecular weight excluding hydrogens is 236 g/mol. The van der Waals surface area contributed by atoms with Crippen LogP contribution >= 0.6 is 0 Å². The van der Waals surface area contributed by atoms with Crippen LogP contribution in [-0.2, 0) is 11.3 Å². The molecule has 19 heavy (non-hydrogen) atoms. The third kappa shape index (κ3) is 2.20. The molecule has 1 atom stereocenters. The summed E-state index contributed by atoms with van der Waals surface area (Å²) in [4.78, 5) is 2.44. The lowest BCUT2D eigenvalue weighted by molar-refractivity contribution is 0.0991. The molecule has 0 spiro atoms. The van der Waals surface area contributed by atoms with Crippen molar-refractivity contribution >= 4 is 16.5 Å². The normalized spacial score (nSPS) is 19.9. The van der Waals surface area contributed by atoms with Crippen LogP contribution in [0.25, 0.3) is 10.8 Å². The maximum atomic E-state index is 5.84. The molecule has 2 aromatic carbocycles. The quantitative estimate of drug-likeness (QED) is 0.897. The standard InChI is InChI=1S/C16H20N2O/c1-12-11-19-9-8-18(12)16-7-6-13(10-17)14-4-2-3-5-15(14)16/h2-7,12H,8-11,17H2,1H3. The molecule has 100 valence electrons. The van der Waals surface area contributed by atoms with E-state index in [1.54, 1.807) is 0 Å². The molecule has 3 rings (SSSR count). The third-order valence-electron chi connectivity index (χ3n) is 3.89. The second-order valence-corrected chi connectivity index (χ2v) is 5.11. The maximum absolute atomic E-state index is 5.84. The number of ether oxygens (including phenoxy) is 1. The molecule has 0 amide bonds. The Kier molecular flexibility index (Phi) is 3.40. The van der Waals surface area contributed by atoms with Gasteiger partial charge in [0.2, 0.25) is 0 Å². The minimum Gasteiger partial charge on any atom is -0.377 e. The number of nitrogens with zero attached hydrogens (tertiary/aromatic N) is 1. The third-order valence-corrected chi connectivity index (χ3v) is 3.89. The van der Waals surface area contributed by atoms with Crippen LogP contribution in [0.1, 0.15) is 12.5 Å². The Balaban J connectivity index is 2.13. The van der Waals surface area contributed by atoms with Crippen molar-refractivity contribution in [2.75, 3.05) is 24.7 Å². The molecule has 0 aliphatic carbocycles. The first-order chi connectivity index (χ1) is 9.31. The van der Waals surface area contributed by atoms with Gasteiger partial charge >= 0.3 is 0 Å². The molecule has 3 nitrogen and oxygen atoms in total. The predicted octanol–water partition coefficient (Wildman–Crippen LogP) is 2.52. The van der Waals surface area contributed by atoms with Gasteiger partial charge in [-0.1, -0.05) is 30.3 Å². The van der Waals surface area contributed by atoms with Crippen LogP contribution < -0.4 is 10.6 Å². The largest absolute Gasteiger partial charge is 0.377 e. The minimum atomic E-state index is 0.417. The van der Waals surface area contributed by atoms with E-state index in [-0.39, 0.29) is 0 Å². The zero-order valence-corrected chi connectivity index (χ0v) is 11.3. The first-order valence-corrected chi connectivity index (χ1v) is 6.86. The van der Waals surface area contributed by atoms with E-state index >= 15 is 0 Å². The average molecular weight is 256 g/mol. The zero-order chi connectivity index (χ0) is 13.2. The smallest absolute Gasteiger partial charge is 0.0668 e. The molecule has 0 bridgehead atoms. The van der Waals surface area contributed by atoms with Gasteiger partial charge in [0.05, 0.1) is 13.2 Å². The van der Waals surface area contributed by atoms with E-state index in [1.807, 2.05) is 0 Å². The number of fused-ring (bicyclic) bond motifs is 1. The van der Waals surface area contributed by atoms with Crippen LogP contribution in [0.2, 0.25) is 0 Å². The average Bonchev–Trinajstić information content (AvgIpc) is 2.47. The van der Waals surface area contributed by atoms with E-state index in [2.05, 4.69) is 48.2 Å². The number of rotatable bonds is 2. The Hall–Kier alpha value is -1.58. The highest BCUT2D eigenvalue weighted by atomic mass is 16.5. The number of hydrogen-bond donors (Lipinski definition) is 1. The van der Waals surface area contributed by atoms with E-state index in [1.165, 1.54) is 22.0 Å². The van der Waals surface area contributed by atoms with Gasteiger partial charge in [-0.15, -0.1) is 0 Å². The van der Waals surface area contributed by atoms with Gasteiger partial charge in [-0.3, -0.25) is 0 Å². The van der Waals surface area contributed by atoms with Gasteiger partial charge < -0.3 is 15.4 Å². The summed E-state index contributed by atoms with van der Waals surface area (Å²) in [5.41, 5.74) is 8.34. The van der Waals surface area contributed by atoms with Crippen molar-refractivity contribution in [3.05, 3.63) is 42.0 Å². The fraction of sp³-hybridized carbons (Fsp3) is 0.375. The summed E-state index contributed by atoms with van der Waals surface area (Å²) in [6.07, 6.45) is 0. The highest BCUT2D eigenvalue weighted by molar-refractivity contribution is 5.96. The van der Waals surface area contributed by atoms with E-state index in [0.29, 0.717) is 12.6 Å². The van der Waals surface area contributed by atoms with Crippen LogP contribution in [0.3, 0.4) is 0 Å². The predicted molar refractivity (Wildman–Crippen MR) is 79.5 cm³/mol. The molecule has 1 aliphatic rings. The van der Waals surface area contributed by atoms with Gasteiger partial charge in [-0.05, 0) is 23.9 Å². The lowest BCUT2D eigenvalue weighted by atomic mass is 10.0. The Morgan fingerprint density at radius 1 is 1.21 bits per heavy atom. The Morgan fingerprint density at radius 3 is 2.74 bits per heavy atom. The van der Waals surface area contributed by atoms with Crippen molar-refractivity contribution in [2.24, 2.45) is 5.73 Å². The van der Waals surface area contributed by atoms with Crippen molar-refractivity contribution in [3.8, 4) is 0 Å². The first-order valence-electron chi connectivity index (χ1n) is 6.86. The monoisotopic (exact) mass is 256 g/mol. The molecule has 0 radical (unpaired) electrons. The van der Waals surface area contributed by atoms with Crippen LogP contribution in [0.5, 0.6) is 0 Å². The molecule has 1 aliphatic heterocycles. The fourth-order valence-electron chi connectivity index (χ4n) is 2.86. The highest BCUT2D eigenvalue weighted by Gasteiger charge is 2.21. The summed E-state index contributed by atoms with van der Waals surface area (Å²) in [7, 11) is 0. The number of benzene rings is 2. The van der Waals surface area contributed by atoms with E-state index in [0.717, 1.165) is 19.8 Å². The lowest BCUT2D eigenvalue weighted by Gasteiger charge is -2.36. The number of nitrogens with two attached hydrogens (primary N) is 1. The lowest BCUT2D eigenvalue weighted by Crippen LogP contribution is -2.43. The van der Waals surface area contributed by atoms with Crippen LogP contribution in [-0.4, -0.2) is 25.8 Å². The molecule has 2 N–H and O–H groups in total. The molecule has 1 fully saturated rings. The molecule has 0 aromatic heterocycles. The SMILES string of the molecule is CC1COCCN1c1ccc(CN)c2ccccc12. The molecule has 2 aromatic rings. The minimum absolute atomic E-state index is 0.417. The molecule has 3 heteroatoms. The van der Waals surface area contributed by atoms with Crippen molar-refractivity contribution in [3.63, 3.8) is 0 Å². The van der Waals surface area contributed by atoms with Crippen molar-refractivity contribution in [1.29, 1.82) is 0 Å². The molecular formula is C16H20N2O. The van der Waals surface area contributed by atoms with Crippen LogP contribution in [0.4, 0.5) is 5.69 Å².